The summed E-state index contributed by atoms with van der Waals surface area (Å²) in [5.74, 6) is -0.571. The van der Waals surface area contributed by atoms with Gasteiger partial charge in [-0.1, -0.05) is 48.0 Å². The van der Waals surface area contributed by atoms with Crippen molar-refractivity contribution >= 4 is 28.6 Å². The smallest absolute Gasteiger partial charge is 0.259 e. The van der Waals surface area contributed by atoms with Crippen LogP contribution in [0.2, 0.25) is 0 Å². The van der Waals surface area contributed by atoms with Crippen molar-refractivity contribution in [3.05, 3.63) is 101 Å². The van der Waals surface area contributed by atoms with Crippen molar-refractivity contribution in [2.75, 3.05) is 11.1 Å². The number of ketones is 1. The maximum Gasteiger partial charge on any atom is 0.259 e. The van der Waals surface area contributed by atoms with E-state index in [1.165, 1.54) is 0 Å². The normalized spacial score (nSPS) is 10.8. The average molecular weight is 383 g/mol. The van der Waals surface area contributed by atoms with Crippen LogP contribution in [0, 0.1) is 13.8 Å². The molecule has 0 spiro atoms. The van der Waals surface area contributed by atoms with E-state index in [1.54, 1.807) is 34.9 Å². The molecule has 2 aromatic heterocycles. The maximum atomic E-state index is 13.2. The highest BCUT2D eigenvalue weighted by Crippen LogP contribution is 2.29. The van der Waals surface area contributed by atoms with Gasteiger partial charge in [-0.05, 0) is 43.7 Å². The summed E-state index contributed by atoms with van der Waals surface area (Å²) in [5, 5.41) is 2.89. The summed E-state index contributed by atoms with van der Waals surface area (Å²) in [6.45, 7) is 3.92. The number of carbonyl (C=O) groups is 2. The average Bonchev–Trinajstić information content (AvgIpc) is 3.00. The molecule has 0 saturated heterocycles. The quantitative estimate of drug-likeness (QED) is 0.505. The Morgan fingerprint density at radius 2 is 1.66 bits per heavy atom. The van der Waals surface area contributed by atoms with Gasteiger partial charge >= 0.3 is 0 Å². The number of nitrogens with zero attached hydrogens (tertiary/aromatic N) is 1. The topological polar surface area (TPSA) is 76.6 Å². The zero-order valence-electron chi connectivity index (χ0n) is 16.3. The Labute approximate surface area is 168 Å². The first kappa shape index (κ1) is 18.5. The number of anilines is 2. The van der Waals surface area contributed by atoms with Gasteiger partial charge in [0, 0.05) is 17.4 Å². The van der Waals surface area contributed by atoms with Crippen molar-refractivity contribution in [3.8, 4) is 0 Å². The number of hydrogen-bond acceptors (Lipinski definition) is 3. The van der Waals surface area contributed by atoms with Crippen molar-refractivity contribution in [3.63, 3.8) is 0 Å². The molecule has 0 saturated carbocycles. The molecule has 0 fully saturated rings. The highest BCUT2D eigenvalue weighted by molar-refractivity contribution is 6.20. The van der Waals surface area contributed by atoms with Gasteiger partial charge < -0.3 is 15.5 Å². The Bertz CT molecular complexity index is 1240. The Balaban J connectivity index is 1.81. The minimum Gasteiger partial charge on any atom is -0.396 e. The van der Waals surface area contributed by atoms with Gasteiger partial charge in [0.1, 0.15) is 5.69 Å². The number of aryl methyl sites for hydroxylation is 2. The molecule has 4 rings (SSSR count). The first-order valence-electron chi connectivity index (χ1n) is 9.33. The highest BCUT2D eigenvalue weighted by atomic mass is 16.2. The van der Waals surface area contributed by atoms with Gasteiger partial charge in [-0.15, -0.1) is 0 Å². The van der Waals surface area contributed by atoms with Gasteiger partial charge in [0.2, 0.25) is 5.78 Å². The number of benzene rings is 2. The predicted molar refractivity (Wildman–Crippen MR) is 116 cm³/mol. The van der Waals surface area contributed by atoms with Crippen LogP contribution in [0.5, 0.6) is 0 Å². The molecule has 0 aliphatic carbocycles. The summed E-state index contributed by atoms with van der Waals surface area (Å²) in [5.41, 5.74) is 11.0. The number of pyridine rings is 1. The molecule has 29 heavy (non-hydrogen) atoms. The Hall–Kier alpha value is -3.86. The van der Waals surface area contributed by atoms with E-state index in [0.717, 1.165) is 11.1 Å². The molecule has 3 N–H and O–H groups in total. The van der Waals surface area contributed by atoms with Crippen LogP contribution in [0.25, 0.3) is 5.52 Å². The number of nitrogens with two attached hydrogens (primary N) is 1. The van der Waals surface area contributed by atoms with Crippen molar-refractivity contribution < 1.29 is 9.59 Å². The first-order chi connectivity index (χ1) is 14.0. The SMILES string of the molecule is Cc1ccc(C(=O)c2c(N)c(C(=O)Nc3cccc(C)c3)c3ccccn23)cc1. The lowest BCUT2D eigenvalue weighted by Gasteiger charge is -2.06. The van der Waals surface area contributed by atoms with Crippen molar-refractivity contribution in [2.24, 2.45) is 0 Å². The summed E-state index contributed by atoms with van der Waals surface area (Å²) in [7, 11) is 0. The largest absolute Gasteiger partial charge is 0.396 e. The molecule has 144 valence electrons. The number of nitrogen functional groups attached to an aromatic ring is 1. The van der Waals surface area contributed by atoms with Crippen molar-refractivity contribution in [1.29, 1.82) is 0 Å². The molecular formula is C24H21N3O2. The van der Waals surface area contributed by atoms with Crippen LogP contribution in [-0.2, 0) is 0 Å². The molecule has 0 unspecified atom stereocenters. The number of hydrogen-bond donors (Lipinski definition) is 2. The number of carbonyl (C=O) groups excluding carboxylic acids is 2. The summed E-state index contributed by atoms with van der Waals surface area (Å²) < 4.78 is 1.68. The van der Waals surface area contributed by atoms with E-state index >= 15 is 0 Å². The molecule has 0 atom stereocenters. The van der Waals surface area contributed by atoms with Gasteiger partial charge in [0.25, 0.3) is 5.91 Å². The van der Waals surface area contributed by atoms with E-state index in [9.17, 15) is 9.59 Å². The zero-order valence-corrected chi connectivity index (χ0v) is 16.3. The Kier molecular flexibility index (Phi) is 4.64. The van der Waals surface area contributed by atoms with Gasteiger partial charge in [-0.3, -0.25) is 9.59 Å². The number of aromatic nitrogens is 1. The molecule has 0 radical (unpaired) electrons. The standard InChI is InChI=1S/C24H21N3O2/c1-15-9-11-17(12-10-15)23(28)22-21(25)20(19-8-3-4-13-27(19)22)24(29)26-18-7-5-6-16(2)14-18/h3-14H,25H2,1-2H3,(H,26,29). The number of rotatable bonds is 4. The van der Waals surface area contributed by atoms with Gasteiger partial charge in [-0.2, -0.15) is 0 Å². The highest BCUT2D eigenvalue weighted by Gasteiger charge is 2.26. The third-order valence-electron chi connectivity index (χ3n) is 4.91. The predicted octanol–water partition coefficient (Wildman–Crippen LogP) is 4.62. The van der Waals surface area contributed by atoms with E-state index in [0.29, 0.717) is 28.0 Å². The third kappa shape index (κ3) is 3.38. The van der Waals surface area contributed by atoms with E-state index < -0.39 is 0 Å². The van der Waals surface area contributed by atoms with E-state index in [-0.39, 0.29) is 17.4 Å². The third-order valence-corrected chi connectivity index (χ3v) is 4.91. The van der Waals surface area contributed by atoms with E-state index in [2.05, 4.69) is 5.32 Å². The monoisotopic (exact) mass is 383 g/mol. The Morgan fingerprint density at radius 1 is 0.897 bits per heavy atom. The van der Waals surface area contributed by atoms with Crippen LogP contribution in [0.4, 0.5) is 11.4 Å². The van der Waals surface area contributed by atoms with E-state index in [1.807, 2.05) is 56.3 Å². The second-order valence-electron chi connectivity index (χ2n) is 7.11. The molecule has 2 aromatic carbocycles. The fraction of sp³-hybridized carbons (Fsp3) is 0.0833. The van der Waals surface area contributed by atoms with Crippen LogP contribution in [0.15, 0.2) is 72.9 Å². The molecule has 0 aliphatic rings. The first-order valence-corrected chi connectivity index (χ1v) is 9.33. The number of fused-ring (bicyclic) bond motifs is 1. The lowest BCUT2D eigenvalue weighted by atomic mass is 10.0. The fourth-order valence-electron chi connectivity index (χ4n) is 3.46. The van der Waals surface area contributed by atoms with Gasteiger partial charge in [0.15, 0.2) is 0 Å². The zero-order chi connectivity index (χ0) is 20.5. The van der Waals surface area contributed by atoms with Gasteiger partial charge in [0.05, 0.1) is 16.8 Å². The molecule has 5 heteroatoms. The molecule has 5 nitrogen and oxygen atoms in total. The van der Waals surface area contributed by atoms with Gasteiger partial charge in [-0.25, -0.2) is 0 Å². The number of nitrogens with one attached hydrogen (secondary N) is 1. The Morgan fingerprint density at radius 3 is 2.38 bits per heavy atom. The minimum atomic E-state index is -0.347. The van der Waals surface area contributed by atoms with Crippen LogP contribution in [0.3, 0.4) is 0 Å². The second-order valence-corrected chi connectivity index (χ2v) is 7.11. The molecular weight excluding hydrogens is 362 g/mol. The summed E-state index contributed by atoms with van der Waals surface area (Å²) in [4.78, 5) is 26.3. The lowest BCUT2D eigenvalue weighted by molar-refractivity contribution is 0.102. The molecule has 0 bridgehead atoms. The van der Waals surface area contributed by atoms with Crippen LogP contribution >= 0.6 is 0 Å². The maximum absolute atomic E-state index is 13.2. The van der Waals surface area contributed by atoms with Crippen LogP contribution < -0.4 is 11.1 Å². The van der Waals surface area contributed by atoms with E-state index in [4.69, 9.17) is 5.73 Å². The number of amides is 1. The summed E-state index contributed by atoms with van der Waals surface area (Å²) in [6, 6.07) is 20.2. The summed E-state index contributed by atoms with van der Waals surface area (Å²) >= 11 is 0. The second kappa shape index (κ2) is 7.28. The summed E-state index contributed by atoms with van der Waals surface area (Å²) in [6.07, 6.45) is 1.75. The van der Waals surface area contributed by atoms with Crippen LogP contribution in [-0.4, -0.2) is 16.1 Å². The van der Waals surface area contributed by atoms with Crippen molar-refractivity contribution in [2.45, 2.75) is 13.8 Å². The fourth-order valence-corrected chi connectivity index (χ4v) is 3.46. The van der Waals surface area contributed by atoms with Crippen molar-refractivity contribution in [1.82, 2.24) is 4.40 Å². The molecule has 2 heterocycles. The molecule has 4 aromatic rings. The molecule has 0 aliphatic heterocycles. The van der Waals surface area contributed by atoms with Crippen LogP contribution in [0.1, 0.15) is 37.5 Å². The molecule has 1 amide bonds. The lowest BCUT2D eigenvalue weighted by Crippen LogP contribution is -2.14. The minimum absolute atomic E-state index is 0.173.